The van der Waals surface area contributed by atoms with E-state index in [2.05, 4.69) is 35.4 Å². The molecule has 1 aromatic carbocycles. The van der Waals surface area contributed by atoms with Gasteiger partial charge in [-0.2, -0.15) is 0 Å². The van der Waals surface area contributed by atoms with Gasteiger partial charge in [0.15, 0.2) is 0 Å². The standard InChI is InChI=1S/C16H22N2OS/c1-12-6-8-16(11-19,9-7-12)17-10-15-18-13-4-2-3-5-14(13)20-15/h2-5,12,17,19H,6-11H2,1H3. The number of para-hydroxylation sites is 1. The molecule has 2 N–H and O–H groups in total. The summed E-state index contributed by atoms with van der Waals surface area (Å²) in [5.74, 6) is 0.791. The maximum Gasteiger partial charge on any atom is 0.108 e. The van der Waals surface area contributed by atoms with Crippen LogP contribution in [0.5, 0.6) is 0 Å². The van der Waals surface area contributed by atoms with Gasteiger partial charge in [-0.3, -0.25) is 0 Å². The van der Waals surface area contributed by atoms with Gasteiger partial charge in [-0.1, -0.05) is 19.1 Å². The fourth-order valence-corrected chi connectivity index (χ4v) is 3.87. The molecule has 1 fully saturated rings. The second-order valence-corrected chi connectivity index (χ2v) is 7.17. The number of thiazole rings is 1. The highest BCUT2D eigenvalue weighted by atomic mass is 32.1. The molecule has 108 valence electrons. The zero-order valence-corrected chi connectivity index (χ0v) is 12.7. The topological polar surface area (TPSA) is 45.1 Å². The van der Waals surface area contributed by atoms with Gasteiger partial charge in [-0.05, 0) is 43.7 Å². The van der Waals surface area contributed by atoms with Crippen LogP contribution in [0.2, 0.25) is 0 Å². The number of fused-ring (bicyclic) bond motifs is 1. The Morgan fingerprint density at radius 3 is 2.80 bits per heavy atom. The molecule has 0 unspecified atom stereocenters. The second-order valence-electron chi connectivity index (χ2n) is 6.05. The van der Waals surface area contributed by atoms with E-state index in [4.69, 9.17) is 0 Å². The monoisotopic (exact) mass is 290 g/mol. The molecular weight excluding hydrogens is 268 g/mol. The fraction of sp³-hybridized carbons (Fsp3) is 0.562. The van der Waals surface area contributed by atoms with E-state index in [1.54, 1.807) is 11.3 Å². The molecule has 0 radical (unpaired) electrons. The van der Waals surface area contributed by atoms with E-state index in [1.807, 2.05) is 6.07 Å². The Kier molecular flexibility index (Phi) is 4.06. The Bertz CT molecular complexity index is 540. The third-order valence-corrected chi connectivity index (χ3v) is 5.52. The van der Waals surface area contributed by atoms with E-state index in [1.165, 1.54) is 17.5 Å². The molecule has 3 rings (SSSR count). The third-order valence-electron chi connectivity index (χ3n) is 4.49. The Morgan fingerprint density at radius 2 is 2.10 bits per heavy atom. The van der Waals surface area contributed by atoms with Crippen molar-refractivity contribution in [3.05, 3.63) is 29.3 Å². The highest BCUT2D eigenvalue weighted by molar-refractivity contribution is 7.18. The predicted octanol–water partition coefficient (Wildman–Crippen LogP) is 3.33. The lowest BCUT2D eigenvalue weighted by Gasteiger charge is -2.38. The van der Waals surface area contributed by atoms with Gasteiger partial charge in [0.1, 0.15) is 5.01 Å². The van der Waals surface area contributed by atoms with Crippen LogP contribution in [0.25, 0.3) is 10.2 Å². The van der Waals surface area contributed by atoms with Crippen molar-refractivity contribution in [3.63, 3.8) is 0 Å². The lowest BCUT2D eigenvalue weighted by Crippen LogP contribution is -2.50. The van der Waals surface area contributed by atoms with Gasteiger partial charge in [-0.15, -0.1) is 11.3 Å². The van der Waals surface area contributed by atoms with Gasteiger partial charge in [0.2, 0.25) is 0 Å². The molecule has 0 saturated heterocycles. The van der Waals surface area contributed by atoms with E-state index in [0.717, 1.165) is 35.8 Å². The first-order valence-corrected chi connectivity index (χ1v) is 8.23. The van der Waals surface area contributed by atoms with Crippen LogP contribution in [-0.4, -0.2) is 22.2 Å². The van der Waals surface area contributed by atoms with Crippen molar-refractivity contribution in [2.45, 2.75) is 44.7 Å². The van der Waals surface area contributed by atoms with Crippen molar-refractivity contribution >= 4 is 21.6 Å². The lowest BCUT2D eigenvalue weighted by molar-refractivity contribution is 0.104. The Morgan fingerprint density at radius 1 is 1.35 bits per heavy atom. The van der Waals surface area contributed by atoms with E-state index >= 15 is 0 Å². The molecule has 1 saturated carbocycles. The summed E-state index contributed by atoms with van der Waals surface area (Å²) in [6, 6.07) is 8.24. The van der Waals surface area contributed by atoms with Crippen LogP contribution in [-0.2, 0) is 6.54 Å². The van der Waals surface area contributed by atoms with Crippen molar-refractivity contribution in [3.8, 4) is 0 Å². The Balaban J connectivity index is 1.68. The number of hydrogen-bond donors (Lipinski definition) is 2. The first kappa shape index (κ1) is 14.0. The van der Waals surface area contributed by atoms with Crippen LogP contribution in [0.4, 0.5) is 0 Å². The molecule has 20 heavy (non-hydrogen) atoms. The van der Waals surface area contributed by atoms with Crippen LogP contribution in [0.1, 0.15) is 37.6 Å². The zero-order valence-electron chi connectivity index (χ0n) is 11.9. The van der Waals surface area contributed by atoms with Crippen molar-refractivity contribution < 1.29 is 5.11 Å². The van der Waals surface area contributed by atoms with Gasteiger partial charge >= 0.3 is 0 Å². The summed E-state index contributed by atoms with van der Waals surface area (Å²) in [7, 11) is 0. The number of aliphatic hydroxyl groups is 1. The van der Waals surface area contributed by atoms with E-state index in [9.17, 15) is 5.11 Å². The van der Waals surface area contributed by atoms with Gasteiger partial charge in [0.25, 0.3) is 0 Å². The summed E-state index contributed by atoms with van der Waals surface area (Å²) in [5, 5.41) is 14.5. The van der Waals surface area contributed by atoms with Crippen LogP contribution >= 0.6 is 11.3 Å². The summed E-state index contributed by atoms with van der Waals surface area (Å²) in [5.41, 5.74) is 0.981. The normalized spacial score (nSPS) is 27.0. The van der Waals surface area contributed by atoms with Crippen molar-refractivity contribution in [2.24, 2.45) is 5.92 Å². The third kappa shape index (κ3) is 2.87. The Labute approximate surface area is 124 Å². The van der Waals surface area contributed by atoms with E-state index in [0.29, 0.717) is 0 Å². The fourth-order valence-electron chi connectivity index (χ4n) is 2.96. The minimum atomic E-state index is -0.0929. The smallest absolute Gasteiger partial charge is 0.108 e. The summed E-state index contributed by atoms with van der Waals surface area (Å²) in [6.45, 7) is 3.29. The lowest BCUT2D eigenvalue weighted by atomic mass is 9.77. The molecular formula is C16H22N2OS. The first-order valence-electron chi connectivity index (χ1n) is 7.41. The van der Waals surface area contributed by atoms with Gasteiger partial charge in [0.05, 0.1) is 16.8 Å². The molecule has 4 heteroatoms. The SMILES string of the molecule is CC1CCC(CO)(NCc2nc3ccccc3s2)CC1. The highest BCUT2D eigenvalue weighted by Gasteiger charge is 2.33. The molecule has 1 aromatic heterocycles. The number of aliphatic hydroxyl groups excluding tert-OH is 1. The van der Waals surface area contributed by atoms with Crippen LogP contribution < -0.4 is 5.32 Å². The summed E-state index contributed by atoms with van der Waals surface area (Å²) < 4.78 is 1.24. The molecule has 1 heterocycles. The molecule has 0 atom stereocenters. The molecule has 0 spiro atoms. The quantitative estimate of drug-likeness (QED) is 0.908. The van der Waals surface area contributed by atoms with Gasteiger partial charge in [-0.25, -0.2) is 4.98 Å². The summed E-state index contributed by atoms with van der Waals surface area (Å²) >= 11 is 1.74. The molecule has 0 aliphatic heterocycles. The van der Waals surface area contributed by atoms with Crippen LogP contribution in [0, 0.1) is 5.92 Å². The highest BCUT2D eigenvalue weighted by Crippen LogP contribution is 2.32. The zero-order chi connectivity index (χ0) is 14.0. The molecule has 1 aliphatic rings. The van der Waals surface area contributed by atoms with E-state index in [-0.39, 0.29) is 12.1 Å². The van der Waals surface area contributed by atoms with E-state index < -0.39 is 0 Å². The minimum absolute atomic E-state index is 0.0929. The molecule has 0 bridgehead atoms. The van der Waals surface area contributed by atoms with Crippen LogP contribution in [0.15, 0.2) is 24.3 Å². The molecule has 1 aliphatic carbocycles. The molecule has 0 amide bonds. The van der Waals surface area contributed by atoms with Crippen molar-refractivity contribution in [1.82, 2.24) is 10.3 Å². The number of rotatable bonds is 4. The predicted molar refractivity (Wildman–Crippen MR) is 83.9 cm³/mol. The first-order chi connectivity index (χ1) is 9.71. The number of nitrogens with one attached hydrogen (secondary N) is 1. The second kappa shape index (κ2) is 5.80. The van der Waals surface area contributed by atoms with Crippen molar-refractivity contribution in [1.29, 1.82) is 0 Å². The number of hydrogen-bond acceptors (Lipinski definition) is 4. The van der Waals surface area contributed by atoms with Crippen LogP contribution in [0.3, 0.4) is 0 Å². The maximum absolute atomic E-state index is 9.77. The summed E-state index contributed by atoms with van der Waals surface area (Å²) in [6.07, 6.45) is 4.53. The number of benzene rings is 1. The average Bonchev–Trinajstić information content (AvgIpc) is 2.90. The molecule has 2 aromatic rings. The van der Waals surface area contributed by atoms with Gasteiger partial charge < -0.3 is 10.4 Å². The number of nitrogens with zero attached hydrogens (tertiary/aromatic N) is 1. The van der Waals surface area contributed by atoms with Gasteiger partial charge in [0, 0.05) is 12.1 Å². The summed E-state index contributed by atoms with van der Waals surface area (Å²) in [4.78, 5) is 4.65. The Hall–Kier alpha value is -0.970. The minimum Gasteiger partial charge on any atom is -0.394 e. The largest absolute Gasteiger partial charge is 0.394 e. The maximum atomic E-state index is 9.77. The number of aromatic nitrogens is 1. The molecule has 3 nitrogen and oxygen atoms in total. The van der Waals surface area contributed by atoms with Crippen molar-refractivity contribution in [2.75, 3.05) is 6.61 Å². The average molecular weight is 290 g/mol.